The molecule has 0 saturated carbocycles. The van der Waals surface area contributed by atoms with E-state index in [1.807, 2.05) is 30.7 Å². The van der Waals surface area contributed by atoms with E-state index in [1.54, 1.807) is 6.07 Å². The van der Waals surface area contributed by atoms with E-state index >= 15 is 0 Å². The molecule has 4 heteroatoms. The largest absolute Gasteiger partial charge is 0.508 e. The smallest absolute Gasteiger partial charge is 0.307 e. The van der Waals surface area contributed by atoms with Gasteiger partial charge >= 0.3 is 5.97 Å². The van der Waals surface area contributed by atoms with Gasteiger partial charge in [0.15, 0.2) is 0 Å². The van der Waals surface area contributed by atoms with Crippen LogP contribution in [0.3, 0.4) is 0 Å². The Labute approximate surface area is 99.1 Å². The number of aromatic hydroxyl groups is 1. The van der Waals surface area contributed by atoms with Crippen LogP contribution in [0.25, 0.3) is 10.9 Å². The van der Waals surface area contributed by atoms with Crippen LogP contribution < -0.4 is 0 Å². The zero-order valence-electron chi connectivity index (χ0n) is 9.90. The van der Waals surface area contributed by atoms with Gasteiger partial charge in [-0.1, -0.05) is 6.92 Å². The molecule has 17 heavy (non-hydrogen) atoms. The number of benzene rings is 1. The summed E-state index contributed by atoms with van der Waals surface area (Å²) >= 11 is 0. The molecule has 0 saturated heterocycles. The van der Waals surface area contributed by atoms with Gasteiger partial charge in [0.1, 0.15) is 5.75 Å². The molecule has 90 valence electrons. The van der Waals surface area contributed by atoms with E-state index in [-0.39, 0.29) is 12.2 Å². The first-order chi connectivity index (χ1) is 8.04. The van der Waals surface area contributed by atoms with Crippen LogP contribution in [-0.2, 0) is 24.7 Å². The molecule has 2 rings (SSSR count). The normalized spacial score (nSPS) is 10.9. The Morgan fingerprint density at radius 2 is 2.12 bits per heavy atom. The SMILES string of the molecule is CCc1cc2c(CC(=O)O)c(O)ccc2n1C. The average molecular weight is 233 g/mol. The summed E-state index contributed by atoms with van der Waals surface area (Å²) in [6.45, 7) is 2.05. The van der Waals surface area contributed by atoms with Gasteiger partial charge in [-0.05, 0) is 24.6 Å². The number of hydrogen-bond acceptors (Lipinski definition) is 2. The third-order valence-corrected chi connectivity index (χ3v) is 3.10. The number of carbonyl (C=O) groups is 1. The maximum Gasteiger partial charge on any atom is 0.307 e. The van der Waals surface area contributed by atoms with Crippen molar-refractivity contribution in [2.24, 2.45) is 7.05 Å². The summed E-state index contributed by atoms with van der Waals surface area (Å²) in [4.78, 5) is 10.8. The fourth-order valence-electron chi connectivity index (χ4n) is 2.19. The molecular formula is C13H15NO3. The van der Waals surface area contributed by atoms with Crippen molar-refractivity contribution in [1.82, 2.24) is 4.57 Å². The van der Waals surface area contributed by atoms with Gasteiger partial charge in [-0.25, -0.2) is 0 Å². The van der Waals surface area contributed by atoms with Crippen molar-refractivity contribution in [2.75, 3.05) is 0 Å². The molecule has 0 unspecified atom stereocenters. The lowest BCUT2D eigenvalue weighted by Gasteiger charge is -2.05. The highest BCUT2D eigenvalue weighted by atomic mass is 16.4. The molecule has 0 aliphatic rings. The lowest BCUT2D eigenvalue weighted by molar-refractivity contribution is -0.136. The minimum Gasteiger partial charge on any atom is -0.508 e. The van der Waals surface area contributed by atoms with E-state index in [4.69, 9.17) is 5.11 Å². The Kier molecular flexibility index (Phi) is 2.79. The summed E-state index contributed by atoms with van der Waals surface area (Å²) in [5.41, 5.74) is 2.57. The van der Waals surface area contributed by atoms with Gasteiger partial charge in [-0.3, -0.25) is 4.79 Å². The number of phenols is 1. The van der Waals surface area contributed by atoms with Crippen molar-refractivity contribution in [3.63, 3.8) is 0 Å². The van der Waals surface area contributed by atoms with Crippen molar-refractivity contribution in [3.05, 3.63) is 29.5 Å². The molecule has 0 atom stereocenters. The molecule has 1 heterocycles. The molecule has 0 fully saturated rings. The van der Waals surface area contributed by atoms with E-state index in [0.717, 1.165) is 23.0 Å². The average Bonchev–Trinajstić information content (AvgIpc) is 2.59. The monoisotopic (exact) mass is 233 g/mol. The minimum absolute atomic E-state index is 0.0492. The van der Waals surface area contributed by atoms with E-state index in [9.17, 15) is 9.90 Å². The van der Waals surface area contributed by atoms with Gasteiger partial charge in [0.2, 0.25) is 0 Å². The van der Waals surface area contributed by atoms with Crippen molar-refractivity contribution in [3.8, 4) is 5.75 Å². The molecule has 0 spiro atoms. The van der Waals surface area contributed by atoms with Gasteiger partial charge in [0.05, 0.1) is 6.42 Å². The lowest BCUT2D eigenvalue weighted by atomic mass is 10.1. The van der Waals surface area contributed by atoms with Gasteiger partial charge in [-0.15, -0.1) is 0 Å². The number of fused-ring (bicyclic) bond motifs is 1. The summed E-state index contributed by atoms with van der Waals surface area (Å²) in [5.74, 6) is -0.886. The number of carboxylic acid groups (broad SMARTS) is 1. The molecule has 4 nitrogen and oxygen atoms in total. The Balaban J connectivity index is 2.72. The Bertz CT molecular complexity index is 584. The minimum atomic E-state index is -0.935. The second-order valence-corrected chi connectivity index (χ2v) is 4.11. The Morgan fingerprint density at radius 3 is 2.71 bits per heavy atom. The summed E-state index contributed by atoms with van der Waals surface area (Å²) < 4.78 is 2.03. The number of nitrogens with zero attached hydrogens (tertiary/aromatic N) is 1. The van der Waals surface area contributed by atoms with Crippen LogP contribution in [-0.4, -0.2) is 20.7 Å². The van der Waals surface area contributed by atoms with E-state index in [1.165, 1.54) is 0 Å². The van der Waals surface area contributed by atoms with Crippen molar-refractivity contribution in [2.45, 2.75) is 19.8 Å². The third-order valence-electron chi connectivity index (χ3n) is 3.10. The standard InChI is InChI=1S/C13H15NO3/c1-3-8-6-9-10(7-13(16)17)12(15)5-4-11(9)14(8)2/h4-6,15H,3,7H2,1-2H3,(H,16,17). The predicted octanol–water partition coefficient (Wildman–Crippen LogP) is 2.07. The van der Waals surface area contributed by atoms with Gasteiger partial charge in [0.25, 0.3) is 0 Å². The summed E-state index contributed by atoms with van der Waals surface area (Å²) in [5, 5.41) is 19.4. The van der Waals surface area contributed by atoms with Crippen LogP contribution >= 0.6 is 0 Å². The number of rotatable bonds is 3. The lowest BCUT2D eigenvalue weighted by Crippen LogP contribution is -2.01. The molecule has 2 aromatic rings. The topological polar surface area (TPSA) is 62.5 Å². The zero-order chi connectivity index (χ0) is 12.6. The maximum absolute atomic E-state index is 10.8. The quantitative estimate of drug-likeness (QED) is 0.853. The molecule has 0 bridgehead atoms. The zero-order valence-corrected chi connectivity index (χ0v) is 9.90. The first-order valence-electron chi connectivity index (χ1n) is 5.55. The van der Waals surface area contributed by atoms with E-state index in [0.29, 0.717) is 5.56 Å². The van der Waals surface area contributed by atoms with E-state index in [2.05, 4.69) is 0 Å². The third kappa shape index (κ3) is 1.86. The molecular weight excluding hydrogens is 218 g/mol. The molecule has 0 radical (unpaired) electrons. The maximum atomic E-state index is 10.8. The Hall–Kier alpha value is -1.97. The van der Waals surface area contributed by atoms with Crippen LogP contribution in [0.4, 0.5) is 0 Å². The van der Waals surface area contributed by atoms with Gasteiger partial charge in [0, 0.05) is 29.2 Å². The van der Waals surface area contributed by atoms with Crippen molar-refractivity contribution >= 4 is 16.9 Å². The van der Waals surface area contributed by atoms with Crippen LogP contribution in [0.15, 0.2) is 18.2 Å². The molecule has 1 aromatic carbocycles. The van der Waals surface area contributed by atoms with Crippen LogP contribution in [0.2, 0.25) is 0 Å². The van der Waals surface area contributed by atoms with Crippen LogP contribution in [0.5, 0.6) is 5.75 Å². The summed E-state index contributed by atoms with van der Waals surface area (Å²) in [6, 6.07) is 5.32. The highest BCUT2D eigenvalue weighted by molar-refractivity contribution is 5.90. The number of carboxylic acids is 1. The number of aromatic nitrogens is 1. The predicted molar refractivity (Wildman–Crippen MR) is 65.3 cm³/mol. The highest BCUT2D eigenvalue weighted by Gasteiger charge is 2.14. The fraction of sp³-hybridized carbons (Fsp3) is 0.308. The first-order valence-corrected chi connectivity index (χ1v) is 5.55. The Morgan fingerprint density at radius 1 is 1.41 bits per heavy atom. The second kappa shape index (κ2) is 4.13. The number of aryl methyl sites for hydroxylation is 2. The molecule has 0 aliphatic heterocycles. The summed E-state index contributed by atoms with van der Waals surface area (Å²) in [6.07, 6.45) is 0.717. The highest BCUT2D eigenvalue weighted by Crippen LogP contribution is 2.30. The number of phenolic OH excluding ortho intramolecular Hbond substituents is 1. The van der Waals surface area contributed by atoms with Crippen LogP contribution in [0.1, 0.15) is 18.2 Å². The second-order valence-electron chi connectivity index (χ2n) is 4.11. The van der Waals surface area contributed by atoms with Crippen LogP contribution in [0, 0.1) is 0 Å². The molecule has 0 amide bonds. The first kappa shape index (κ1) is 11.5. The van der Waals surface area contributed by atoms with Gasteiger partial charge < -0.3 is 14.8 Å². The van der Waals surface area contributed by atoms with Gasteiger partial charge in [-0.2, -0.15) is 0 Å². The fourth-order valence-corrected chi connectivity index (χ4v) is 2.19. The molecule has 0 aliphatic carbocycles. The van der Waals surface area contributed by atoms with E-state index < -0.39 is 5.97 Å². The summed E-state index contributed by atoms with van der Waals surface area (Å²) in [7, 11) is 1.95. The number of aliphatic carboxylic acids is 1. The van der Waals surface area contributed by atoms with Crippen molar-refractivity contribution < 1.29 is 15.0 Å². The molecule has 2 N–H and O–H groups in total. The molecule has 1 aromatic heterocycles. The number of hydrogen-bond donors (Lipinski definition) is 2. The van der Waals surface area contributed by atoms with Crippen molar-refractivity contribution in [1.29, 1.82) is 0 Å².